The topological polar surface area (TPSA) is 75.4 Å². The monoisotopic (exact) mass is 317 g/mol. The molecule has 0 aromatic heterocycles. The Kier molecular flexibility index (Phi) is 8.04. The molecule has 2 unspecified atom stereocenters. The van der Waals surface area contributed by atoms with E-state index < -0.39 is 0 Å². The van der Waals surface area contributed by atoms with Crippen molar-refractivity contribution in [1.29, 1.82) is 0 Å². The quantitative estimate of drug-likeness (QED) is 0.824. The second-order valence-electron chi connectivity index (χ2n) is 6.08. The minimum atomic E-state index is -0.0226. The van der Waals surface area contributed by atoms with Crippen LogP contribution in [0, 0.1) is 5.92 Å². The average molecular weight is 318 g/mol. The minimum Gasteiger partial charge on any atom is -0.352 e. The second-order valence-corrected chi connectivity index (χ2v) is 6.08. The molecule has 6 heteroatoms. The maximum absolute atomic E-state index is 12.2. The maximum atomic E-state index is 12.2. The highest BCUT2D eigenvalue weighted by atomic mass is 35.5. The lowest BCUT2D eigenvalue weighted by Gasteiger charge is -2.32. The zero-order valence-corrected chi connectivity index (χ0v) is 13.5. The summed E-state index contributed by atoms with van der Waals surface area (Å²) in [6, 6.07) is 0.198. The first kappa shape index (κ1) is 18.2. The molecule has 5 nitrogen and oxygen atoms in total. The molecule has 0 aromatic carbocycles. The van der Waals surface area contributed by atoms with E-state index in [0.717, 1.165) is 45.1 Å². The van der Waals surface area contributed by atoms with Crippen LogP contribution in [0.1, 0.15) is 51.4 Å². The van der Waals surface area contributed by atoms with Crippen LogP contribution >= 0.6 is 12.4 Å². The number of nitrogens with one attached hydrogen (secondary N) is 1. The van der Waals surface area contributed by atoms with Crippen molar-refractivity contribution in [2.24, 2.45) is 11.7 Å². The lowest BCUT2D eigenvalue weighted by atomic mass is 9.84. The van der Waals surface area contributed by atoms with Gasteiger partial charge in [-0.05, 0) is 38.1 Å². The van der Waals surface area contributed by atoms with Gasteiger partial charge in [-0.1, -0.05) is 19.3 Å². The van der Waals surface area contributed by atoms with Gasteiger partial charge in [0.05, 0.1) is 6.54 Å². The molecule has 0 bridgehead atoms. The van der Waals surface area contributed by atoms with Gasteiger partial charge in [-0.25, -0.2) is 0 Å². The Hall–Kier alpha value is -0.810. The van der Waals surface area contributed by atoms with E-state index in [1.807, 2.05) is 0 Å². The van der Waals surface area contributed by atoms with Crippen LogP contribution in [0.5, 0.6) is 0 Å². The van der Waals surface area contributed by atoms with E-state index in [4.69, 9.17) is 5.73 Å². The second kappa shape index (κ2) is 9.26. The lowest BCUT2D eigenvalue weighted by Crippen LogP contribution is -2.48. The normalized spacial score (nSPS) is 26.7. The van der Waals surface area contributed by atoms with Crippen LogP contribution < -0.4 is 11.1 Å². The lowest BCUT2D eigenvalue weighted by molar-refractivity contribution is -0.136. The highest BCUT2D eigenvalue weighted by molar-refractivity contribution is 5.85. The molecule has 2 fully saturated rings. The van der Waals surface area contributed by atoms with Crippen LogP contribution in [0.4, 0.5) is 0 Å². The number of nitrogens with zero attached hydrogens (tertiary/aromatic N) is 1. The zero-order chi connectivity index (χ0) is 14.4. The van der Waals surface area contributed by atoms with Crippen LogP contribution in [-0.2, 0) is 9.59 Å². The summed E-state index contributed by atoms with van der Waals surface area (Å²) in [5.41, 5.74) is 5.78. The van der Waals surface area contributed by atoms with Crippen molar-refractivity contribution >= 4 is 24.2 Å². The van der Waals surface area contributed by atoms with Crippen molar-refractivity contribution in [3.05, 3.63) is 0 Å². The van der Waals surface area contributed by atoms with Crippen molar-refractivity contribution in [3.63, 3.8) is 0 Å². The number of halogens is 1. The molecule has 0 aromatic rings. The molecule has 122 valence electrons. The number of carbonyl (C=O) groups is 2. The molecule has 2 atom stereocenters. The number of rotatable bonds is 4. The van der Waals surface area contributed by atoms with E-state index in [0.29, 0.717) is 18.9 Å². The van der Waals surface area contributed by atoms with E-state index in [-0.39, 0.29) is 36.8 Å². The first-order chi connectivity index (χ1) is 9.70. The van der Waals surface area contributed by atoms with Gasteiger partial charge in [0.2, 0.25) is 11.8 Å². The van der Waals surface area contributed by atoms with Gasteiger partial charge in [0, 0.05) is 19.0 Å². The summed E-state index contributed by atoms with van der Waals surface area (Å²) in [5.74, 6) is 0.495. The molecule has 1 aliphatic heterocycles. The summed E-state index contributed by atoms with van der Waals surface area (Å²) in [7, 11) is 0. The van der Waals surface area contributed by atoms with E-state index in [1.54, 1.807) is 4.90 Å². The Morgan fingerprint density at radius 3 is 2.71 bits per heavy atom. The van der Waals surface area contributed by atoms with Crippen molar-refractivity contribution in [1.82, 2.24) is 10.2 Å². The molecule has 2 amide bonds. The Bertz CT molecular complexity index is 352. The SMILES string of the molecule is Cl.NCC1CCCCC1NC(=O)CN1CCCCCC1=O. The minimum absolute atomic E-state index is 0. The van der Waals surface area contributed by atoms with Crippen molar-refractivity contribution in [2.75, 3.05) is 19.6 Å². The third-order valence-electron chi connectivity index (χ3n) is 4.56. The summed E-state index contributed by atoms with van der Waals surface area (Å²) in [4.78, 5) is 25.8. The Balaban J connectivity index is 0.00000220. The highest BCUT2D eigenvalue weighted by Gasteiger charge is 2.26. The van der Waals surface area contributed by atoms with Gasteiger partial charge in [0.1, 0.15) is 0 Å². The molecule has 3 N–H and O–H groups in total. The molecular formula is C15H28ClN3O2. The number of hydrogen-bond acceptors (Lipinski definition) is 3. The third kappa shape index (κ3) is 5.47. The molecule has 1 saturated carbocycles. The standard InChI is InChI=1S/C15H27N3O2.ClH/c16-10-12-6-3-4-7-13(12)17-14(19)11-18-9-5-1-2-8-15(18)20;/h12-13H,1-11,16H2,(H,17,19);1H. The fourth-order valence-electron chi connectivity index (χ4n) is 3.31. The van der Waals surface area contributed by atoms with Gasteiger partial charge in [-0.15, -0.1) is 12.4 Å². The molecule has 2 aliphatic rings. The van der Waals surface area contributed by atoms with Crippen LogP contribution in [0.2, 0.25) is 0 Å². The zero-order valence-electron chi connectivity index (χ0n) is 12.7. The maximum Gasteiger partial charge on any atom is 0.239 e. The van der Waals surface area contributed by atoms with Gasteiger partial charge in [0.25, 0.3) is 0 Å². The molecule has 0 radical (unpaired) electrons. The van der Waals surface area contributed by atoms with E-state index >= 15 is 0 Å². The number of nitrogens with two attached hydrogens (primary N) is 1. The Morgan fingerprint density at radius 1 is 1.19 bits per heavy atom. The van der Waals surface area contributed by atoms with Crippen molar-refractivity contribution in [3.8, 4) is 0 Å². The summed E-state index contributed by atoms with van der Waals surface area (Å²) in [5, 5.41) is 3.10. The molecule has 1 saturated heterocycles. The van der Waals surface area contributed by atoms with Gasteiger partial charge < -0.3 is 16.0 Å². The largest absolute Gasteiger partial charge is 0.352 e. The highest BCUT2D eigenvalue weighted by Crippen LogP contribution is 2.23. The van der Waals surface area contributed by atoms with E-state index in [1.165, 1.54) is 6.42 Å². The first-order valence-corrected chi connectivity index (χ1v) is 7.98. The Labute approximate surface area is 133 Å². The molecule has 1 heterocycles. The number of amides is 2. The fourth-order valence-corrected chi connectivity index (χ4v) is 3.31. The van der Waals surface area contributed by atoms with Crippen LogP contribution in [0.15, 0.2) is 0 Å². The average Bonchev–Trinajstić information content (AvgIpc) is 2.65. The predicted molar refractivity (Wildman–Crippen MR) is 85.2 cm³/mol. The molecule has 0 spiro atoms. The summed E-state index contributed by atoms with van der Waals surface area (Å²) >= 11 is 0. The Morgan fingerprint density at radius 2 is 1.95 bits per heavy atom. The third-order valence-corrected chi connectivity index (χ3v) is 4.56. The van der Waals surface area contributed by atoms with E-state index in [9.17, 15) is 9.59 Å². The smallest absolute Gasteiger partial charge is 0.239 e. The first-order valence-electron chi connectivity index (χ1n) is 7.98. The number of likely N-dealkylation sites (tertiary alicyclic amines) is 1. The molecular weight excluding hydrogens is 290 g/mol. The summed E-state index contributed by atoms with van der Waals surface area (Å²) in [6.07, 6.45) is 8.11. The molecule has 1 aliphatic carbocycles. The van der Waals surface area contributed by atoms with Gasteiger partial charge in [0.15, 0.2) is 0 Å². The van der Waals surface area contributed by atoms with Gasteiger partial charge in [-0.2, -0.15) is 0 Å². The van der Waals surface area contributed by atoms with Crippen LogP contribution in [0.3, 0.4) is 0 Å². The van der Waals surface area contributed by atoms with Crippen molar-refractivity contribution < 1.29 is 9.59 Å². The number of hydrogen-bond donors (Lipinski definition) is 2. The van der Waals surface area contributed by atoms with Crippen molar-refractivity contribution in [2.45, 2.75) is 57.4 Å². The summed E-state index contributed by atoms with van der Waals surface area (Å²) < 4.78 is 0. The molecule has 2 rings (SSSR count). The number of carbonyl (C=O) groups excluding carboxylic acids is 2. The molecule has 21 heavy (non-hydrogen) atoms. The van der Waals surface area contributed by atoms with Gasteiger partial charge >= 0.3 is 0 Å². The van der Waals surface area contributed by atoms with E-state index in [2.05, 4.69) is 5.32 Å². The van der Waals surface area contributed by atoms with Crippen LogP contribution in [-0.4, -0.2) is 42.4 Å². The predicted octanol–water partition coefficient (Wildman–Crippen LogP) is 1.44. The fraction of sp³-hybridized carbons (Fsp3) is 0.867. The van der Waals surface area contributed by atoms with Crippen LogP contribution in [0.25, 0.3) is 0 Å². The van der Waals surface area contributed by atoms with Gasteiger partial charge in [-0.3, -0.25) is 9.59 Å². The summed E-state index contributed by atoms with van der Waals surface area (Å²) in [6.45, 7) is 1.57.